The first-order valence-electron chi connectivity index (χ1n) is 11.3. The highest BCUT2D eigenvalue weighted by Crippen LogP contribution is 2.37. The van der Waals surface area contributed by atoms with E-state index < -0.39 is 0 Å². The predicted molar refractivity (Wildman–Crippen MR) is 132 cm³/mol. The molecule has 0 saturated carbocycles. The molecule has 2 amide bonds. The number of amides is 2. The van der Waals surface area contributed by atoms with Crippen LogP contribution in [0.5, 0.6) is 5.75 Å². The third-order valence-electron chi connectivity index (χ3n) is 6.36. The highest BCUT2D eigenvalue weighted by atomic mass is 16.5. The van der Waals surface area contributed by atoms with Gasteiger partial charge in [-0.2, -0.15) is 0 Å². The van der Waals surface area contributed by atoms with Crippen molar-refractivity contribution < 1.29 is 14.3 Å². The summed E-state index contributed by atoms with van der Waals surface area (Å²) >= 11 is 0. The second kappa shape index (κ2) is 9.02. The van der Waals surface area contributed by atoms with Crippen LogP contribution < -0.4 is 14.5 Å². The Labute approximate surface area is 198 Å². The fourth-order valence-corrected chi connectivity index (χ4v) is 4.58. The minimum absolute atomic E-state index is 0.0147. The van der Waals surface area contributed by atoms with Gasteiger partial charge < -0.3 is 19.1 Å². The van der Waals surface area contributed by atoms with E-state index in [0.29, 0.717) is 18.7 Å². The summed E-state index contributed by atoms with van der Waals surface area (Å²) in [7, 11) is 3.38. The Morgan fingerprint density at radius 3 is 2.53 bits per heavy atom. The van der Waals surface area contributed by atoms with Gasteiger partial charge in [-0.3, -0.25) is 9.59 Å². The highest BCUT2D eigenvalue weighted by Gasteiger charge is 2.36. The number of hydrogen-bond donors (Lipinski definition) is 0. The first-order valence-corrected chi connectivity index (χ1v) is 11.3. The van der Waals surface area contributed by atoms with Gasteiger partial charge in [-0.1, -0.05) is 42.5 Å². The molecule has 3 aromatic carbocycles. The number of carbonyl (C=O) groups is 2. The maximum absolute atomic E-state index is 13.2. The monoisotopic (exact) mass is 454 g/mol. The number of fused-ring (bicyclic) bond motifs is 1. The molecule has 0 N–H and O–H groups in total. The second-order valence-electron chi connectivity index (χ2n) is 8.41. The maximum atomic E-state index is 13.2. The first kappa shape index (κ1) is 21.7. The Kier molecular flexibility index (Phi) is 5.76. The zero-order chi connectivity index (χ0) is 23.7. The van der Waals surface area contributed by atoms with E-state index in [1.54, 1.807) is 24.0 Å². The van der Waals surface area contributed by atoms with Crippen molar-refractivity contribution in [1.82, 2.24) is 9.55 Å². The van der Waals surface area contributed by atoms with Gasteiger partial charge in [0.25, 0.3) is 0 Å². The maximum Gasteiger partial charge on any atom is 0.246 e. The fourth-order valence-electron chi connectivity index (χ4n) is 4.58. The molecular weight excluding hydrogens is 428 g/mol. The summed E-state index contributed by atoms with van der Waals surface area (Å²) in [4.78, 5) is 34.5. The number of carbonyl (C=O) groups excluding carboxylic acids is 2. The van der Waals surface area contributed by atoms with Crippen LogP contribution in [0.3, 0.4) is 0 Å². The molecule has 0 radical (unpaired) electrons. The molecule has 1 aliphatic rings. The second-order valence-corrected chi connectivity index (χ2v) is 8.41. The van der Waals surface area contributed by atoms with Crippen LogP contribution in [0.25, 0.3) is 11.0 Å². The molecule has 0 unspecified atom stereocenters. The molecular formula is C27H26N4O3. The lowest BCUT2D eigenvalue weighted by Crippen LogP contribution is -2.31. The molecule has 1 aliphatic heterocycles. The standard InChI is InChI=1S/C27H26N4O3/c1-29(20-10-4-3-5-11-20)26(33)18-31-22-13-7-6-12-21(22)28-27(31)19-16-25(32)30(17-19)23-14-8-9-15-24(23)34-2/h3-15,19H,16-18H2,1-2H3/t19-/m0/s1. The molecule has 1 saturated heterocycles. The van der Waals surface area contributed by atoms with Gasteiger partial charge in [-0.15, -0.1) is 0 Å². The van der Waals surface area contributed by atoms with Crippen molar-refractivity contribution in [2.24, 2.45) is 0 Å². The van der Waals surface area contributed by atoms with E-state index in [2.05, 4.69) is 0 Å². The number of imidazole rings is 1. The van der Waals surface area contributed by atoms with Crippen LogP contribution in [0, 0.1) is 0 Å². The molecule has 1 aromatic heterocycles. The van der Waals surface area contributed by atoms with Crippen LogP contribution in [0.1, 0.15) is 18.2 Å². The predicted octanol–water partition coefficient (Wildman–Crippen LogP) is 4.23. The summed E-state index contributed by atoms with van der Waals surface area (Å²) in [6, 6.07) is 24.9. The van der Waals surface area contributed by atoms with Gasteiger partial charge in [-0.05, 0) is 36.4 Å². The van der Waals surface area contributed by atoms with E-state index in [4.69, 9.17) is 9.72 Å². The normalized spacial score (nSPS) is 15.6. The number of benzene rings is 3. The van der Waals surface area contributed by atoms with E-state index in [1.807, 2.05) is 83.4 Å². The minimum Gasteiger partial charge on any atom is -0.495 e. The number of ether oxygens (including phenoxy) is 1. The molecule has 0 bridgehead atoms. The van der Waals surface area contributed by atoms with Crippen molar-refractivity contribution in [3.05, 3.63) is 84.7 Å². The lowest BCUT2D eigenvalue weighted by atomic mass is 10.1. The number of anilines is 2. The molecule has 172 valence electrons. The van der Waals surface area contributed by atoms with Crippen molar-refractivity contribution in [1.29, 1.82) is 0 Å². The number of para-hydroxylation sites is 5. The topological polar surface area (TPSA) is 67.7 Å². The van der Waals surface area contributed by atoms with Crippen LogP contribution in [0.4, 0.5) is 11.4 Å². The van der Waals surface area contributed by atoms with Gasteiger partial charge in [-0.25, -0.2) is 4.98 Å². The third kappa shape index (κ3) is 3.90. The average molecular weight is 455 g/mol. The van der Waals surface area contributed by atoms with Crippen LogP contribution >= 0.6 is 0 Å². The molecule has 0 spiro atoms. The highest BCUT2D eigenvalue weighted by molar-refractivity contribution is 5.98. The van der Waals surface area contributed by atoms with Crippen molar-refractivity contribution in [3.8, 4) is 5.75 Å². The molecule has 4 aromatic rings. The summed E-state index contributed by atoms with van der Waals surface area (Å²) in [5, 5.41) is 0. The third-order valence-corrected chi connectivity index (χ3v) is 6.36. The summed E-state index contributed by atoms with van der Waals surface area (Å²) in [5.74, 6) is 1.23. The van der Waals surface area contributed by atoms with Crippen LogP contribution in [0.15, 0.2) is 78.9 Å². The molecule has 1 fully saturated rings. The number of methoxy groups -OCH3 is 1. The van der Waals surface area contributed by atoms with E-state index in [9.17, 15) is 9.59 Å². The molecule has 1 atom stereocenters. The number of nitrogens with zero attached hydrogens (tertiary/aromatic N) is 4. The van der Waals surface area contributed by atoms with Gasteiger partial charge in [0, 0.05) is 31.6 Å². The minimum atomic E-state index is -0.139. The van der Waals surface area contributed by atoms with Gasteiger partial charge in [0.05, 0.1) is 23.8 Å². The van der Waals surface area contributed by atoms with Gasteiger partial charge >= 0.3 is 0 Å². The van der Waals surface area contributed by atoms with Crippen molar-refractivity contribution in [3.63, 3.8) is 0 Å². The Morgan fingerprint density at radius 2 is 1.74 bits per heavy atom. The quantitative estimate of drug-likeness (QED) is 0.437. The fraction of sp³-hybridized carbons (Fsp3) is 0.222. The van der Waals surface area contributed by atoms with Crippen LogP contribution in [0.2, 0.25) is 0 Å². The van der Waals surface area contributed by atoms with E-state index in [1.165, 1.54) is 0 Å². The van der Waals surface area contributed by atoms with Crippen LogP contribution in [-0.4, -0.2) is 42.1 Å². The Balaban J connectivity index is 1.48. The number of likely N-dealkylation sites (N-methyl/N-ethyl adjacent to an activating group) is 1. The summed E-state index contributed by atoms with van der Waals surface area (Å²) < 4.78 is 7.43. The number of hydrogen-bond acceptors (Lipinski definition) is 4. The summed E-state index contributed by atoms with van der Waals surface area (Å²) in [6.07, 6.45) is 0.323. The number of rotatable bonds is 6. The SMILES string of the molecule is COc1ccccc1N1C[C@@H](c2nc3ccccc3n2CC(=O)N(C)c2ccccc2)CC1=O. The molecule has 7 heteroatoms. The summed E-state index contributed by atoms with van der Waals surface area (Å²) in [6.45, 7) is 0.617. The summed E-state index contributed by atoms with van der Waals surface area (Å²) in [5.41, 5.74) is 3.28. The number of aromatic nitrogens is 2. The van der Waals surface area contributed by atoms with Crippen molar-refractivity contribution in [2.75, 3.05) is 30.5 Å². The lowest BCUT2D eigenvalue weighted by Gasteiger charge is -2.21. The van der Waals surface area contributed by atoms with Gasteiger partial charge in [0.1, 0.15) is 18.1 Å². The average Bonchev–Trinajstić information content (AvgIpc) is 3.44. The van der Waals surface area contributed by atoms with E-state index in [0.717, 1.165) is 28.2 Å². The van der Waals surface area contributed by atoms with Gasteiger partial charge in [0.15, 0.2) is 0 Å². The lowest BCUT2D eigenvalue weighted by molar-refractivity contribution is -0.119. The smallest absolute Gasteiger partial charge is 0.246 e. The first-order chi connectivity index (χ1) is 16.6. The van der Waals surface area contributed by atoms with E-state index >= 15 is 0 Å². The van der Waals surface area contributed by atoms with Crippen molar-refractivity contribution in [2.45, 2.75) is 18.9 Å². The Bertz CT molecular complexity index is 1350. The molecule has 34 heavy (non-hydrogen) atoms. The van der Waals surface area contributed by atoms with Gasteiger partial charge in [0.2, 0.25) is 11.8 Å². The Morgan fingerprint density at radius 1 is 1.03 bits per heavy atom. The van der Waals surface area contributed by atoms with Crippen LogP contribution in [-0.2, 0) is 16.1 Å². The largest absolute Gasteiger partial charge is 0.495 e. The molecule has 0 aliphatic carbocycles. The Hall–Kier alpha value is -4.13. The van der Waals surface area contributed by atoms with E-state index in [-0.39, 0.29) is 24.3 Å². The molecule has 7 nitrogen and oxygen atoms in total. The molecule has 2 heterocycles. The van der Waals surface area contributed by atoms with Crippen molar-refractivity contribution >= 4 is 34.2 Å². The zero-order valence-electron chi connectivity index (χ0n) is 19.2. The zero-order valence-corrected chi connectivity index (χ0v) is 19.2. The molecule has 5 rings (SSSR count).